The number of nitrogens with one attached hydrogen (secondary N) is 1. The van der Waals surface area contributed by atoms with E-state index in [2.05, 4.69) is 17.4 Å². The van der Waals surface area contributed by atoms with Gasteiger partial charge in [-0.05, 0) is 35.1 Å². The number of carbonyl (C=O) groups is 3. The Labute approximate surface area is 191 Å². The lowest BCUT2D eigenvalue weighted by molar-refractivity contribution is -0.151. The SMILES string of the molecule is O=C(NC1(C(=O)N2CCCC2C(=O)O)CCOC1)OCC1c2ccccc2-c2ccccc21. The quantitative estimate of drug-likeness (QED) is 0.726. The van der Waals surface area contributed by atoms with E-state index in [0.29, 0.717) is 26.0 Å². The Morgan fingerprint density at radius 1 is 1.09 bits per heavy atom. The first-order chi connectivity index (χ1) is 16.0. The monoisotopic (exact) mass is 450 g/mol. The zero-order valence-corrected chi connectivity index (χ0v) is 18.2. The minimum Gasteiger partial charge on any atom is -0.480 e. The van der Waals surface area contributed by atoms with E-state index >= 15 is 0 Å². The van der Waals surface area contributed by atoms with Gasteiger partial charge in [0.1, 0.15) is 18.2 Å². The molecule has 5 rings (SSSR count). The van der Waals surface area contributed by atoms with E-state index in [9.17, 15) is 19.5 Å². The summed E-state index contributed by atoms with van der Waals surface area (Å²) in [4.78, 5) is 39.1. The smallest absolute Gasteiger partial charge is 0.408 e. The molecule has 2 saturated heterocycles. The van der Waals surface area contributed by atoms with Gasteiger partial charge in [-0.25, -0.2) is 9.59 Å². The maximum absolute atomic E-state index is 13.3. The Balaban J connectivity index is 1.30. The van der Waals surface area contributed by atoms with Gasteiger partial charge < -0.3 is 24.8 Å². The molecule has 2 fully saturated rings. The van der Waals surface area contributed by atoms with Crippen molar-refractivity contribution in [3.05, 3.63) is 59.7 Å². The third kappa shape index (κ3) is 3.74. The van der Waals surface area contributed by atoms with Gasteiger partial charge in [-0.2, -0.15) is 0 Å². The number of aliphatic carboxylic acids is 1. The van der Waals surface area contributed by atoms with Crippen molar-refractivity contribution < 1.29 is 29.0 Å². The first kappa shape index (κ1) is 21.5. The van der Waals surface area contributed by atoms with Gasteiger partial charge in [-0.15, -0.1) is 0 Å². The van der Waals surface area contributed by atoms with Crippen molar-refractivity contribution in [3.63, 3.8) is 0 Å². The number of ether oxygens (including phenoxy) is 2. The first-order valence-electron chi connectivity index (χ1n) is 11.2. The fraction of sp³-hybridized carbons (Fsp3) is 0.400. The largest absolute Gasteiger partial charge is 0.480 e. The number of alkyl carbamates (subject to hydrolysis) is 1. The minimum atomic E-state index is -1.30. The van der Waals surface area contributed by atoms with E-state index < -0.39 is 29.6 Å². The van der Waals surface area contributed by atoms with Crippen molar-refractivity contribution in [2.24, 2.45) is 0 Å². The van der Waals surface area contributed by atoms with Crippen LogP contribution in [0.2, 0.25) is 0 Å². The normalized spacial score (nSPS) is 23.8. The molecule has 0 bridgehead atoms. The molecule has 3 aliphatic rings. The van der Waals surface area contributed by atoms with Crippen LogP contribution in [0.15, 0.2) is 48.5 Å². The lowest BCUT2D eigenvalue weighted by atomic mass is 9.96. The van der Waals surface area contributed by atoms with Crippen LogP contribution in [-0.2, 0) is 19.1 Å². The molecule has 2 aliphatic heterocycles. The van der Waals surface area contributed by atoms with Crippen LogP contribution < -0.4 is 5.32 Å². The van der Waals surface area contributed by atoms with Crippen LogP contribution in [-0.4, -0.2) is 65.9 Å². The molecule has 33 heavy (non-hydrogen) atoms. The van der Waals surface area contributed by atoms with Crippen molar-refractivity contribution in [2.45, 2.75) is 36.8 Å². The van der Waals surface area contributed by atoms with Gasteiger partial charge in [-0.3, -0.25) is 4.79 Å². The van der Waals surface area contributed by atoms with Crippen LogP contribution in [0.3, 0.4) is 0 Å². The van der Waals surface area contributed by atoms with E-state index in [0.717, 1.165) is 22.3 Å². The molecule has 2 aromatic rings. The van der Waals surface area contributed by atoms with Crippen molar-refractivity contribution in [1.29, 1.82) is 0 Å². The van der Waals surface area contributed by atoms with Crippen molar-refractivity contribution in [1.82, 2.24) is 10.2 Å². The Hall–Kier alpha value is -3.39. The fourth-order valence-corrected chi connectivity index (χ4v) is 5.26. The Bertz CT molecular complexity index is 1050. The molecule has 0 radical (unpaired) electrons. The van der Waals surface area contributed by atoms with Crippen molar-refractivity contribution >= 4 is 18.0 Å². The van der Waals surface area contributed by atoms with Gasteiger partial charge in [0.15, 0.2) is 0 Å². The molecule has 8 heteroatoms. The summed E-state index contributed by atoms with van der Waals surface area (Å²) < 4.78 is 11.1. The summed E-state index contributed by atoms with van der Waals surface area (Å²) in [5.74, 6) is -1.54. The molecule has 8 nitrogen and oxygen atoms in total. The summed E-state index contributed by atoms with van der Waals surface area (Å²) in [6.07, 6.45) is 0.591. The number of hydrogen-bond donors (Lipinski definition) is 2. The number of nitrogens with zero attached hydrogens (tertiary/aromatic N) is 1. The number of carbonyl (C=O) groups excluding carboxylic acids is 2. The summed E-state index contributed by atoms with van der Waals surface area (Å²) >= 11 is 0. The Kier molecular flexibility index (Phi) is 5.54. The van der Waals surface area contributed by atoms with E-state index in [1.807, 2.05) is 36.4 Å². The molecule has 2 unspecified atom stereocenters. The van der Waals surface area contributed by atoms with Crippen LogP contribution in [0, 0.1) is 0 Å². The van der Waals surface area contributed by atoms with E-state index in [1.54, 1.807) is 0 Å². The average molecular weight is 450 g/mol. The topological polar surface area (TPSA) is 105 Å². The average Bonchev–Trinajstić information content (AvgIpc) is 3.55. The predicted octanol–water partition coefficient (Wildman–Crippen LogP) is 2.76. The highest BCUT2D eigenvalue weighted by molar-refractivity contribution is 5.93. The van der Waals surface area contributed by atoms with E-state index in [4.69, 9.17) is 9.47 Å². The van der Waals surface area contributed by atoms with Gasteiger partial charge in [0.05, 0.1) is 6.61 Å². The highest BCUT2D eigenvalue weighted by atomic mass is 16.6. The Morgan fingerprint density at radius 2 is 1.76 bits per heavy atom. The summed E-state index contributed by atoms with van der Waals surface area (Å²) in [6.45, 7) is 0.788. The van der Waals surface area contributed by atoms with Gasteiger partial charge >= 0.3 is 12.1 Å². The van der Waals surface area contributed by atoms with Crippen LogP contribution in [0.25, 0.3) is 11.1 Å². The number of amides is 2. The van der Waals surface area contributed by atoms with Crippen LogP contribution >= 0.6 is 0 Å². The molecule has 2 heterocycles. The minimum absolute atomic E-state index is 0.00112. The molecular formula is C25H26N2O6. The zero-order valence-electron chi connectivity index (χ0n) is 18.2. The Morgan fingerprint density at radius 3 is 2.36 bits per heavy atom. The number of hydrogen-bond acceptors (Lipinski definition) is 5. The summed E-state index contributed by atoms with van der Waals surface area (Å²) in [7, 11) is 0. The van der Waals surface area contributed by atoms with E-state index in [1.165, 1.54) is 4.90 Å². The summed E-state index contributed by atoms with van der Waals surface area (Å²) in [6, 6.07) is 15.2. The number of likely N-dealkylation sites (tertiary alicyclic amines) is 1. The van der Waals surface area contributed by atoms with Crippen molar-refractivity contribution in [2.75, 3.05) is 26.4 Å². The maximum Gasteiger partial charge on any atom is 0.408 e. The number of fused-ring (bicyclic) bond motifs is 3. The third-order valence-electron chi connectivity index (χ3n) is 6.91. The molecule has 1 aliphatic carbocycles. The molecule has 2 aromatic carbocycles. The molecule has 0 spiro atoms. The van der Waals surface area contributed by atoms with Gasteiger partial charge in [0.2, 0.25) is 0 Å². The predicted molar refractivity (Wildman–Crippen MR) is 119 cm³/mol. The van der Waals surface area contributed by atoms with Crippen LogP contribution in [0.5, 0.6) is 0 Å². The van der Waals surface area contributed by atoms with Gasteiger partial charge in [0, 0.05) is 25.5 Å². The summed E-state index contributed by atoms with van der Waals surface area (Å²) in [5, 5.41) is 12.2. The number of benzene rings is 2. The van der Waals surface area contributed by atoms with Crippen LogP contribution in [0.1, 0.15) is 36.3 Å². The van der Waals surface area contributed by atoms with Crippen molar-refractivity contribution in [3.8, 4) is 11.1 Å². The standard InChI is InChI=1S/C25H26N2O6/c28-22(29)21-10-5-12-27(21)23(30)25(11-13-32-15-25)26-24(31)33-14-20-18-8-3-1-6-16(18)17-7-2-4-9-19(17)20/h1-4,6-9,20-21H,5,10-15H2,(H,26,31)(H,28,29). The molecule has 172 valence electrons. The number of rotatable bonds is 5. The first-order valence-corrected chi connectivity index (χ1v) is 11.2. The molecule has 0 saturated carbocycles. The molecule has 0 aromatic heterocycles. The highest BCUT2D eigenvalue weighted by Gasteiger charge is 2.50. The second-order valence-electron chi connectivity index (χ2n) is 8.83. The maximum atomic E-state index is 13.3. The molecule has 2 N–H and O–H groups in total. The number of carboxylic acid groups (broad SMARTS) is 1. The highest BCUT2D eigenvalue weighted by Crippen LogP contribution is 2.44. The fourth-order valence-electron chi connectivity index (χ4n) is 5.26. The third-order valence-corrected chi connectivity index (χ3v) is 6.91. The summed E-state index contributed by atoms with van der Waals surface area (Å²) in [5.41, 5.74) is 3.16. The molecule has 2 amide bonds. The second kappa shape index (κ2) is 8.51. The number of carboxylic acids is 1. The lowest BCUT2D eigenvalue weighted by Gasteiger charge is -2.33. The van der Waals surface area contributed by atoms with Gasteiger partial charge in [-0.1, -0.05) is 48.5 Å². The molecular weight excluding hydrogens is 424 g/mol. The molecule has 2 atom stereocenters. The van der Waals surface area contributed by atoms with Crippen LogP contribution in [0.4, 0.5) is 4.79 Å². The zero-order chi connectivity index (χ0) is 23.0. The second-order valence-corrected chi connectivity index (χ2v) is 8.83. The van der Waals surface area contributed by atoms with E-state index in [-0.39, 0.29) is 25.6 Å². The van der Waals surface area contributed by atoms with Gasteiger partial charge in [0.25, 0.3) is 5.91 Å². The lowest BCUT2D eigenvalue weighted by Crippen LogP contribution is -2.62.